The highest BCUT2D eigenvalue weighted by atomic mass is 35.5. The van der Waals surface area contributed by atoms with Gasteiger partial charge in [-0.15, -0.1) is 12.4 Å². The number of carbonyl (C=O) groups is 1. The van der Waals surface area contributed by atoms with Crippen LogP contribution in [0.4, 0.5) is 4.39 Å². The molecule has 0 rings (SSSR count). The SMILES string of the molecule is CCCC(=O)OC(C)F.Cl. The molecule has 0 amide bonds. The first kappa shape index (κ1) is 12.4. The van der Waals surface area contributed by atoms with Crippen molar-refractivity contribution >= 4 is 18.4 Å². The lowest BCUT2D eigenvalue weighted by Gasteiger charge is -2.02. The van der Waals surface area contributed by atoms with Gasteiger partial charge < -0.3 is 4.74 Å². The van der Waals surface area contributed by atoms with Crippen molar-refractivity contribution < 1.29 is 13.9 Å². The molecule has 0 fully saturated rings. The van der Waals surface area contributed by atoms with E-state index in [1.54, 1.807) is 0 Å². The van der Waals surface area contributed by atoms with E-state index in [0.717, 1.165) is 0 Å². The molecule has 1 unspecified atom stereocenters. The lowest BCUT2D eigenvalue weighted by molar-refractivity contribution is -0.155. The zero-order valence-electron chi connectivity index (χ0n) is 6.09. The lowest BCUT2D eigenvalue weighted by atomic mass is 10.3. The van der Waals surface area contributed by atoms with E-state index in [2.05, 4.69) is 4.74 Å². The van der Waals surface area contributed by atoms with Gasteiger partial charge in [-0.2, -0.15) is 0 Å². The molecular formula is C6H12ClFO2. The fraction of sp³-hybridized carbons (Fsp3) is 0.833. The second-order valence-electron chi connectivity index (χ2n) is 1.78. The number of halogens is 2. The Morgan fingerprint density at radius 2 is 2.20 bits per heavy atom. The summed E-state index contributed by atoms with van der Waals surface area (Å²) < 4.78 is 16.0. The van der Waals surface area contributed by atoms with Crippen LogP contribution in [0.3, 0.4) is 0 Å². The van der Waals surface area contributed by atoms with Gasteiger partial charge in [0.25, 0.3) is 0 Å². The summed E-state index contributed by atoms with van der Waals surface area (Å²) in [4.78, 5) is 10.4. The summed E-state index contributed by atoms with van der Waals surface area (Å²) in [7, 11) is 0. The van der Waals surface area contributed by atoms with Crippen molar-refractivity contribution in [2.45, 2.75) is 33.0 Å². The lowest BCUT2D eigenvalue weighted by Crippen LogP contribution is -2.09. The van der Waals surface area contributed by atoms with Crippen LogP contribution < -0.4 is 0 Å². The summed E-state index contributed by atoms with van der Waals surface area (Å²) in [5.74, 6) is -0.465. The molecule has 0 aliphatic rings. The molecule has 0 aromatic heterocycles. The Kier molecular flexibility index (Phi) is 8.42. The van der Waals surface area contributed by atoms with Crippen molar-refractivity contribution in [3.05, 3.63) is 0 Å². The summed E-state index contributed by atoms with van der Waals surface area (Å²) >= 11 is 0. The van der Waals surface area contributed by atoms with E-state index >= 15 is 0 Å². The second kappa shape index (κ2) is 6.81. The smallest absolute Gasteiger partial charge is 0.308 e. The number of carbonyl (C=O) groups excluding carboxylic acids is 1. The fourth-order valence-electron chi connectivity index (χ4n) is 0.444. The van der Waals surface area contributed by atoms with E-state index in [-0.39, 0.29) is 12.4 Å². The molecule has 4 heteroatoms. The van der Waals surface area contributed by atoms with Gasteiger partial charge in [0.05, 0.1) is 0 Å². The molecule has 0 heterocycles. The van der Waals surface area contributed by atoms with Crippen LogP contribution in [0.2, 0.25) is 0 Å². The van der Waals surface area contributed by atoms with Gasteiger partial charge in [0, 0.05) is 13.3 Å². The van der Waals surface area contributed by atoms with Crippen LogP contribution in [0.25, 0.3) is 0 Å². The third-order valence-electron chi connectivity index (χ3n) is 0.748. The maximum absolute atomic E-state index is 11.8. The molecule has 0 radical (unpaired) electrons. The van der Waals surface area contributed by atoms with Crippen LogP contribution in [0.5, 0.6) is 0 Å². The highest BCUT2D eigenvalue weighted by Crippen LogP contribution is 1.96. The van der Waals surface area contributed by atoms with Crippen molar-refractivity contribution in [2.75, 3.05) is 0 Å². The molecule has 0 saturated carbocycles. The molecule has 0 aromatic carbocycles. The molecule has 10 heavy (non-hydrogen) atoms. The number of esters is 1. The quantitative estimate of drug-likeness (QED) is 0.607. The molecule has 1 atom stereocenters. The van der Waals surface area contributed by atoms with Crippen molar-refractivity contribution in [1.29, 1.82) is 0 Å². The van der Waals surface area contributed by atoms with E-state index in [9.17, 15) is 9.18 Å². The van der Waals surface area contributed by atoms with Crippen molar-refractivity contribution in [3.8, 4) is 0 Å². The van der Waals surface area contributed by atoms with E-state index in [0.29, 0.717) is 12.8 Å². The van der Waals surface area contributed by atoms with Gasteiger partial charge in [-0.05, 0) is 6.42 Å². The number of ether oxygens (including phenoxy) is 1. The monoisotopic (exact) mass is 170 g/mol. The number of hydrogen-bond acceptors (Lipinski definition) is 2. The minimum Gasteiger partial charge on any atom is -0.431 e. The minimum absolute atomic E-state index is 0. The van der Waals surface area contributed by atoms with Crippen LogP contribution in [0.15, 0.2) is 0 Å². The van der Waals surface area contributed by atoms with Crippen molar-refractivity contribution in [2.24, 2.45) is 0 Å². The van der Waals surface area contributed by atoms with Crippen LogP contribution in [0.1, 0.15) is 26.7 Å². The number of alkyl halides is 1. The maximum atomic E-state index is 11.8. The average Bonchev–Trinajstić information content (AvgIpc) is 1.63. The number of hydrogen-bond donors (Lipinski definition) is 0. The summed E-state index contributed by atoms with van der Waals surface area (Å²) in [5.41, 5.74) is 0. The topological polar surface area (TPSA) is 26.3 Å². The second-order valence-corrected chi connectivity index (χ2v) is 1.78. The Morgan fingerprint density at radius 3 is 2.50 bits per heavy atom. The summed E-state index contributed by atoms with van der Waals surface area (Å²) in [6, 6.07) is 0. The van der Waals surface area contributed by atoms with Crippen LogP contribution in [0, 0.1) is 0 Å². The Hall–Kier alpha value is -0.310. The van der Waals surface area contributed by atoms with E-state index < -0.39 is 12.3 Å². The molecule has 2 nitrogen and oxygen atoms in total. The Labute approximate surface area is 66.2 Å². The zero-order chi connectivity index (χ0) is 7.28. The van der Waals surface area contributed by atoms with E-state index in [1.807, 2.05) is 6.92 Å². The van der Waals surface area contributed by atoms with Crippen molar-refractivity contribution in [1.82, 2.24) is 0 Å². The van der Waals surface area contributed by atoms with Gasteiger partial charge in [-0.25, -0.2) is 4.39 Å². The standard InChI is InChI=1S/C6H11FO2.ClH/c1-3-4-6(8)9-5(2)7;/h5H,3-4H2,1-2H3;1H. The van der Waals surface area contributed by atoms with Crippen molar-refractivity contribution in [3.63, 3.8) is 0 Å². The van der Waals surface area contributed by atoms with E-state index in [4.69, 9.17) is 0 Å². The first-order chi connectivity index (χ1) is 4.16. The largest absolute Gasteiger partial charge is 0.431 e. The van der Waals surface area contributed by atoms with Gasteiger partial charge >= 0.3 is 5.97 Å². The normalized spacial score (nSPS) is 11.5. The Bertz CT molecular complexity index is 95.7. The van der Waals surface area contributed by atoms with Crippen LogP contribution >= 0.6 is 12.4 Å². The Morgan fingerprint density at radius 1 is 1.70 bits per heavy atom. The molecule has 0 spiro atoms. The zero-order valence-corrected chi connectivity index (χ0v) is 6.91. The van der Waals surface area contributed by atoms with Gasteiger partial charge in [0.1, 0.15) is 0 Å². The average molecular weight is 171 g/mol. The van der Waals surface area contributed by atoms with Crippen LogP contribution in [-0.4, -0.2) is 12.3 Å². The molecule has 0 aromatic rings. The predicted molar refractivity (Wildman–Crippen MR) is 38.8 cm³/mol. The van der Waals surface area contributed by atoms with Gasteiger partial charge in [0.15, 0.2) is 0 Å². The molecular weight excluding hydrogens is 159 g/mol. The fourth-order valence-corrected chi connectivity index (χ4v) is 0.444. The predicted octanol–water partition coefficient (Wildman–Crippen LogP) is 2.07. The minimum atomic E-state index is -1.47. The molecule has 62 valence electrons. The third kappa shape index (κ3) is 7.69. The Balaban J connectivity index is 0. The summed E-state index contributed by atoms with van der Waals surface area (Å²) in [6.45, 7) is 3.03. The summed E-state index contributed by atoms with van der Waals surface area (Å²) in [6.07, 6.45) is -0.469. The highest BCUT2D eigenvalue weighted by Gasteiger charge is 2.04. The molecule has 0 N–H and O–H groups in total. The highest BCUT2D eigenvalue weighted by molar-refractivity contribution is 5.85. The first-order valence-electron chi connectivity index (χ1n) is 3.00. The van der Waals surface area contributed by atoms with Crippen LogP contribution in [-0.2, 0) is 9.53 Å². The number of rotatable bonds is 3. The maximum Gasteiger partial charge on any atom is 0.308 e. The third-order valence-corrected chi connectivity index (χ3v) is 0.748. The van der Waals surface area contributed by atoms with Gasteiger partial charge in [0.2, 0.25) is 6.36 Å². The molecule has 0 bridgehead atoms. The first-order valence-corrected chi connectivity index (χ1v) is 3.00. The summed E-state index contributed by atoms with van der Waals surface area (Å²) in [5, 5.41) is 0. The van der Waals surface area contributed by atoms with Gasteiger partial charge in [-0.1, -0.05) is 6.92 Å². The van der Waals surface area contributed by atoms with Gasteiger partial charge in [-0.3, -0.25) is 4.79 Å². The molecule has 0 aliphatic heterocycles. The molecule has 0 aliphatic carbocycles. The molecule has 0 saturated heterocycles. The van der Waals surface area contributed by atoms with E-state index in [1.165, 1.54) is 6.92 Å².